The van der Waals surface area contributed by atoms with E-state index < -0.39 is 6.10 Å². The van der Waals surface area contributed by atoms with Crippen molar-refractivity contribution in [2.24, 2.45) is 5.92 Å². The smallest absolute Gasteiger partial charge is 0.229 e. The molecule has 3 aromatic rings. The summed E-state index contributed by atoms with van der Waals surface area (Å²) in [5.74, 6) is 0.607. The van der Waals surface area contributed by atoms with Gasteiger partial charge in [-0.05, 0) is 55.5 Å². The van der Waals surface area contributed by atoms with E-state index in [1.165, 1.54) is 0 Å². The first kappa shape index (κ1) is 24.6. The number of nitrogens with one attached hydrogen (secondary N) is 1. The van der Waals surface area contributed by atoms with E-state index in [0.29, 0.717) is 24.1 Å². The molecule has 1 amide bonds. The number of pyridine rings is 2. The van der Waals surface area contributed by atoms with Crippen molar-refractivity contribution in [3.8, 4) is 0 Å². The minimum Gasteiger partial charge on any atom is -0.389 e. The number of piperazine rings is 1. The van der Waals surface area contributed by atoms with Gasteiger partial charge in [-0.2, -0.15) is 0 Å². The van der Waals surface area contributed by atoms with Crippen LogP contribution in [0.1, 0.15) is 31.4 Å². The highest BCUT2D eigenvalue weighted by atomic mass is 35.5. The number of aromatic nitrogens is 2. The highest BCUT2D eigenvalue weighted by Crippen LogP contribution is 2.42. The maximum atomic E-state index is 13.0. The number of carbonyl (C=O) groups excluding carboxylic acids is 1. The van der Waals surface area contributed by atoms with Crippen LogP contribution in [0.5, 0.6) is 0 Å². The Morgan fingerprint density at radius 1 is 1.14 bits per heavy atom. The molecule has 1 saturated carbocycles. The summed E-state index contributed by atoms with van der Waals surface area (Å²) in [5, 5.41) is 16.0. The topological polar surface area (TPSA) is 90.8 Å². The molecule has 1 aromatic carbocycles. The van der Waals surface area contributed by atoms with Crippen molar-refractivity contribution >= 4 is 39.8 Å². The van der Waals surface area contributed by atoms with Gasteiger partial charge in [-0.1, -0.05) is 17.7 Å². The molecule has 8 nitrogen and oxygen atoms in total. The predicted octanol–water partition coefficient (Wildman–Crippen LogP) is 3.69. The second-order valence-electron chi connectivity index (χ2n) is 10.6. The van der Waals surface area contributed by atoms with E-state index in [-0.39, 0.29) is 23.3 Å². The number of ether oxygens (including phenoxy) is 1. The zero-order valence-electron chi connectivity index (χ0n) is 20.9. The molecule has 3 fully saturated rings. The Morgan fingerprint density at radius 2 is 1.97 bits per heavy atom. The zero-order chi connectivity index (χ0) is 25.6. The molecule has 0 spiro atoms. The average molecular weight is 522 g/mol. The first-order chi connectivity index (χ1) is 17.9. The van der Waals surface area contributed by atoms with E-state index in [4.69, 9.17) is 16.3 Å². The summed E-state index contributed by atoms with van der Waals surface area (Å²) in [6.07, 6.45) is 4.90. The first-order valence-corrected chi connectivity index (χ1v) is 13.4. The van der Waals surface area contributed by atoms with E-state index in [1.54, 1.807) is 12.4 Å². The summed E-state index contributed by atoms with van der Waals surface area (Å²) in [6, 6.07) is 11.8. The first-order valence-electron chi connectivity index (χ1n) is 13.0. The summed E-state index contributed by atoms with van der Waals surface area (Å²) in [7, 11) is 0. The fraction of sp³-hybridized carbons (Fsp3) is 0.464. The van der Waals surface area contributed by atoms with Crippen LogP contribution in [0.4, 0.5) is 11.5 Å². The van der Waals surface area contributed by atoms with Gasteiger partial charge in [-0.25, -0.2) is 4.98 Å². The lowest BCUT2D eigenvalue weighted by Gasteiger charge is -2.45. The van der Waals surface area contributed by atoms with Crippen molar-refractivity contribution < 1.29 is 14.6 Å². The van der Waals surface area contributed by atoms with Gasteiger partial charge in [0, 0.05) is 61.5 Å². The largest absolute Gasteiger partial charge is 0.389 e. The molecule has 4 heterocycles. The summed E-state index contributed by atoms with van der Waals surface area (Å²) in [5.41, 5.74) is 1.61. The molecule has 4 atom stereocenters. The normalized spacial score (nSPS) is 28.3. The standard InChI is InChI=1S/C28H32ClN5O3/c1-28(17-37-16-25(28)35)34-10-8-33(9-11-34)24-13-18-14-26(31-15-19(18)12-22(24)29)32-27(36)21-6-5-20(21)23-4-2-3-7-30-23/h2-4,7,12-15,20-21,25,35H,5-6,8-11,16-17H2,1H3,(H,31,32,36)/t20-,21-,25-,28+/m1/s1. The second kappa shape index (κ2) is 9.83. The summed E-state index contributed by atoms with van der Waals surface area (Å²) in [6.45, 7) is 6.27. The Bertz CT molecular complexity index is 1300. The fourth-order valence-electron chi connectivity index (χ4n) is 5.86. The van der Waals surface area contributed by atoms with Gasteiger partial charge in [0.15, 0.2) is 0 Å². The van der Waals surface area contributed by atoms with Crippen molar-refractivity contribution in [1.82, 2.24) is 14.9 Å². The van der Waals surface area contributed by atoms with Gasteiger partial charge < -0.3 is 20.1 Å². The molecule has 2 aromatic heterocycles. The number of halogens is 1. The number of anilines is 2. The van der Waals surface area contributed by atoms with Gasteiger partial charge in [-0.15, -0.1) is 0 Å². The van der Waals surface area contributed by atoms with Crippen LogP contribution in [0.15, 0.2) is 48.8 Å². The lowest BCUT2D eigenvalue weighted by atomic mass is 9.71. The number of rotatable bonds is 5. The molecule has 194 valence electrons. The Morgan fingerprint density at radius 3 is 2.65 bits per heavy atom. The van der Waals surface area contributed by atoms with Crippen LogP contribution >= 0.6 is 11.6 Å². The molecule has 37 heavy (non-hydrogen) atoms. The maximum Gasteiger partial charge on any atom is 0.229 e. The third-order valence-electron chi connectivity index (χ3n) is 8.45. The van der Waals surface area contributed by atoms with Gasteiger partial charge in [0.05, 0.1) is 35.6 Å². The van der Waals surface area contributed by atoms with E-state index in [2.05, 4.69) is 38.1 Å². The lowest BCUT2D eigenvalue weighted by Crippen LogP contribution is -2.60. The molecule has 2 N–H and O–H groups in total. The number of fused-ring (bicyclic) bond motifs is 1. The van der Waals surface area contributed by atoms with Gasteiger partial charge in [0.25, 0.3) is 0 Å². The van der Waals surface area contributed by atoms with Crippen LogP contribution in [0.2, 0.25) is 5.02 Å². The van der Waals surface area contributed by atoms with Crippen LogP contribution in [-0.2, 0) is 9.53 Å². The van der Waals surface area contributed by atoms with Crippen LogP contribution in [0.25, 0.3) is 10.8 Å². The highest BCUT2D eigenvalue weighted by Gasteiger charge is 2.44. The van der Waals surface area contributed by atoms with Crippen LogP contribution in [0, 0.1) is 5.92 Å². The second-order valence-corrected chi connectivity index (χ2v) is 11.0. The SMILES string of the molecule is C[C@]1(N2CCN(c3cc4cc(NC(=O)[C@@H]5CC[C@H]5c5ccccn5)ncc4cc3Cl)CC2)COC[C@H]1O. The number of hydrogen-bond acceptors (Lipinski definition) is 7. The number of amides is 1. The molecule has 2 aliphatic heterocycles. The molecule has 3 aliphatic rings. The number of benzene rings is 1. The number of aliphatic hydroxyl groups is 1. The average Bonchev–Trinajstić information content (AvgIpc) is 3.23. The van der Waals surface area contributed by atoms with Crippen LogP contribution in [-0.4, -0.2) is 76.9 Å². The molecular formula is C28H32ClN5O3. The number of nitrogens with zero attached hydrogens (tertiary/aromatic N) is 4. The number of aliphatic hydroxyl groups excluding tert-OH is 1. The summed E-state index contributed by atoms with van der Waals surface area (Å²) in [4.78, 5) is 26.6. The van der Waals surface area contributed by atoms with Gasteiger partial charge in [0.2, 0.25) is 5.91 Å². The van der Waals surface area contributed by atoms with Gasteiger partial charge in [0.1, 0.15) is 5.82 Å². The molecule has 0 radical (unpaired) electrons. The van der Waals surface area contributed by atoms with E-state index in [9.17, 15) is 9.90 Å². The maximum absolute atomic E-state index is 13.0. The van der Waals surface area contributed by atoms with Crippen molar-refractivity contribution in [3.05, 3.63) is 59.5 Å². The molecule has 6 rings (SSSR count). The summed E-state index contributed by atoms with van der Waals surface area (Å²) < 4.78 is 5.53. The zero-order valence-corrected chi connectivity index (χ0v) is 21.7. The lowest BCUT2D eigenvalue weighted by molar-refractivity contribution is -0.123. The predicted molar refractivity (Wildman–Crippen MR) is 144 cm³/mol. The Kier molecular flexibility index (Phi) is 6.52. The highest BCUT2D eigenvalue weighted by molar-refractivity contribution is 6.34. The number of hydrogen-bond donors (Lipinski definition) is 2. The van der Waals surface area contributed by atoms with Gasteiger partial charge in [-0.3, -0.25) is 14.7 Å². The fourth-order valence-corrected chi connectivity index (χ4v) is 6.15. The molecule has 0 bridgehead atoms. The Labute approximate surface area is 221 Å². The van der Waals surface area contributed by atoms with E-state index in [0.717, 1.165) is 61.2 Å². The number of carbonyl (C=O) groups is 1. The van der Waals surface area contributed by atoms with E-state index >= 15 is 0 Å². The Hall–Kier alpha value is -2.78. The van der Waals surface area contributed by atoms with Crippen molar-refractivity contribution in [2.75, 3.05) is 49.6 Å². The van der Waals surface area contributed by atoms with Crippen LogP contribution in [0.3, 0.4) is 0 Å². The molecule has 9 heteroatoms. The quantitative estimate of drug-likeness (QED) is 0.529. The minimum atomic E-state index is -0.469. The molecule has 0 unspecified atom stereocenters. The van der Waals surface area contributed by atoms with Crippen molar-refractivity contribution in [2.45, 2.75) is 37.3 Å². The third-order valence-corrected chi connectivity index (χ3v) is 8.75. The molecular weight excluding hydrogens is 490 g/mol. The van der Waals surface area contributed by atoms with Gasteiger partial charge >= 0.3 is 0 Å². The third kappa shape index (κ3) is 4.56. The Balaban J connectivity index is 1.16. The molecule has 2 saturated heterocycles. The van der Waals surface area contributed by atoms with Crippen LogP contribution < -0.4 is 10.2 Å². The minimum absolute atomic E-state index is 0.00867. The monoisotopic (exact) mass is 521 g/mol. The van der Waals surface area contributed by atoms with E-state index in [1.807, 2.05) is 30.3 Å². The van der Waals surface area contributed by atoms with Crippen molar-refractivity contribution in [1.29, 1.82) is 0 Å². The van der Waals surface area contributed by atoms with Crippen molar-refractivity contribution in [3.63, 3.8) is 0 Å². The summed E-state index contributed by atoms with van der Waals surface area (Å²) >= 11 is 6.70. The molecule has 1 aliphatic carbocycles.